The van der Waals surface area contributed by atoms with Crippen LogP contribution >= 0.6 is 23.4 Å². The number of rotatable bonds is 5. The number of benzene rings is 1. The normalized spacial score (nSPS) is 20.6. The molecule has 2 aliphatic heterocycles. The van der Waals surface area contributed by atoms with Crippen molar-refractivity contribution in [2.75, 3.05) is 36.0 Å². The Labute approximate surface area is 213 Å². The Hall–Kier alpha value is -2.59. The fraction of sp³-hybridized carbons (Fsp3) is 0.400. The molecule has 6 rings (SSSR count). The number of nitrogens with zero attached hydrogens (tertiary/aromatic N) is 5. The van der Waals surface area contributed by atoms with Crippen LogP contribution < -0.4 is 21.3 Å². The van der Waals surface area contributed by atoms with E-state index in [1.54, 1.807) is 0 Å². The van der Waals surface area contributed by atoms with Crippen molar-refractivity contribution in [1.82, 2.24) is 19.9 Å². The van der Waals surface area contributed by atoms with Crippen LogP contribution in [0.15, 0.2) is 40.5 Å². The SMILES string of the molecule is CCc1[nH]c2nc(Sc3ccc4c(N5CC[C@@H](N)C5)ccnc4c3)nc(N3CC[C@H](N)C3)c2c1Cl. The molecule has 5 heterocycles. The van der Waals surface area contributed by atoms with Crippen LogP contribution in [0.25, 0.3) is 21.9 Å². The first-order valence-corrected chi connectivity index (χ1v) is 13.4. The van der Waals surface area contributed by atoms with Crippen molar-refractivity contribution in [2.24, 2.45) is 11.5 Å². The van der Waals surface area contributed by atoms with Gasteiger partial charge in [-0.05, 0) is 55.3 Å². The van der Waals surface area contributed by atoms with Gasteiger partial charge in [-0.1, -0.05) is 18.5 Å². The molecule has 8 nitrogen and oxygen atoms in total. The standard InChI is InChI=1S/C25H29ClN8S/c1-2-18-22(26)21-23(30-18)31-25(32-24(21)34-10-7-15(28)13-34)35-16-3-4-17-19(11-16)29-8-5-20(17)33-9-6-14(27)12-33/h3-5,8,11,14-15H,2,6-7,9-10,12-13,27-28H2,1H3,(H,30,31,32)/t14-,15+/m1/s1. The number of nitrogens with two attached hydrogens (primary N) is 2. The third-order valence-electron chi connectivity index (χ3n) is 6.97. The Morgan fingerprint density at radius 1 is 1.09 bits per heavy atom. The second-order valence-electron chi connectivity index (χ2n) is 9.43. The molecule has 2 aliphatic rings. The maximum atomic E-state index is 6.74. The van der Waals surface area contributed by atoms with E-state index < -0.39 is 0 Å². The molecule has 0 unspecified atom stereocenters. The van der Waals surface area contributed by atoms with Crippen LogP contribution in [-0.2, 0) is 6.42 Å². The Bertz CT molecular complexity index is 1410. The molecule has 0 saturated carbocycles. The summed E-state index contributed by atoms with van der Waals surface area (Å²) in [6.07, 6.45) is 4.64. The molecule has 1 aromatic carbocycles. The van der Waals surface area contributed by atoms with Crippen LogP contribution in [0.5, 0.6) is 0 Å². The highest BCUT2D eigenvalue weighted by atomic mass is 35.5. The van der Waals surface area contributed by atoms with Crippen molar-refractivity contribution in [3.63, 3.8) is 0 Å². The second kappa shape index (κ2) is 9.13. The van der Waals surface area contributed by atoms with Gasteiger partial charge in [0.15, 0.2) is 5.16 Å². The number of anilines is 2. The zero-order valence-electron chi connectivity index (χ0n) is 19.7. The Morgan fingerprint density at radius 2 is 1.86 bits per heavy atom. The average molecular weight is 509 g/mol. The van der Waals surface area contributed by atoms with Gasteiger partial charge < -0.3 is 26.3 Å². The Balaban J connectivity index is 1.37. The maximum absolute atomic E-state index is 6.74. The first-order chi connectivity index (χ1) is 17.0. The monoisotopic (exact) mass is 508 g/mol. The first-order valence-electron chi connectivity index (χ1n) is 12.2. The third kappa shape index (κ3) is 4.20. The molecule has 0 bridgehead atoms. The number of aromatic nitrogens is 4. The van der Waals surface area contributed by atoms with Gasteiger partial charge in [-0.25, -0.2) is 9.97 Å². The molecule has 10 heteroatoms. The minimum atomic E-state index is 0.144. The van der Waals surface area contributed by atoms with Crippen molar-refractivity contribution in [3.8, 4) is 0 Å². The largest absolute Gasteiger partial charge is 0.369 e. The van der Waals surface area contributed by atoms with Gasteiger partial charge in [-0.3, -0.25) is 4.98 Å². The molecule has 0 radical (unpaired) electrons. The number of fused-ring (bicyclic) bond motifs is 2. The first kappa shape index (κ1) is 22.8. The Kier molecular flexibility index (Phi) is 5.96. The molecule has 2 fully saturated rings. The predicted molar refractivity (Wildman–Crippen MR) is 144 cm³/mol. The summed E-state index contributed by atoms with van der Waals surface area (Å²) < 4.78 is 0. The zero-order chi connectivity index (χ0) is 24.1. The van der Waals surface area contributed by atoms with Gasteiger partial charge in [0, 0.05) is 66.1 Å². The van der Waals surface area contributed by atoms with Gasteiger partial charge in [-0.15, -0.1) is 0 Å². The van der Waals surface area contributed by atoms with E-state index in [-0.39, 0.29) is 12.1 Å². The summed E-state index contributed by atoms with van der Waals surface area (Å²) in [5, 5.41) is 3.40. The van der Waals surface area contributed by atoms with Gasteiger partial charge >= 0.3 is 0 Å². The topological polar surface area (TPSA) is 113 Å². The van der Waals surface area contributed by atoms with E-state index in [9.17, 15) is 0 Å². The lowest BCUT2D eigenvalue weighted by Gasteiger charge is -2.20. The lowest BCUT2D eigenvalue weighted by Crippen LogP contribution is -2.27. The van der Waals surface area contributed by atoms with Crippen molar-refractivity contribution in [1.29, 1.82) is 0 Å². The van der Waals surface area contributed by atoms with Crippen molar-refractivity contribution >= 4 is 56.8 Å². The summed E-state index contributed by atoms with van der Waals surface area (Å²) in [4.78, 5) is 23.5. The van der Waals surface area contributed by atoms with Crippen LogP contribution in [0.3, 0.4) is 0 Å². The van der Waals surface area contributed by atoms with Crippen LogP contribution in [0.4, 0.5) is 11.5 Å². The summed E-state index contributed by atoms with van der Waals surface area (Å²) >= 11 is 8.27. The molecule has 182 valence electrons. The number of aryl methyl sites for hydroxylation is 1. The van der Waals surface area contributed by atoms with Crippen LogP contribution in [-0.4, -0.2) is 58.2 Å². The molecule has 4 aromatic rings. The minimum Gasteiger partial charge on any atom is -0.369 e. The molecule has 2 saturated heterocycles. The van der Waals surface area contributed by atoms with E-state index in [1.165, 1.54) is 17.4 Å². The summed E-state index contributed by atoms with van der Waals surface area (Å²) in [6, 6.07) is 8.82. The highest BCUT2D eigenvalue weighted by Crippen LogP contribution is 2.38. The molecule has 0 spiro atoms. The third-order valence-corrected chi connectivity index (χ3v) is 8.24. The Morgan fingerprint density at radius 3 is 2.57 bits per heavy atom. The van der Waals surface area contributed by atoms with Gasteiger partial charge in [0.05, 0.1) is 15.9 Å². The van der Waals surface area contributed by atoms with Gasteiger partial charge in [-0.2, -0.15) is 0 Å². The quantitative estimate of drug-likeness (QED) is 0.347. The lowest BCUT2D eigenvalue weighted by molar-refractivity contribution is 0.751. The maximum Gasteiger partial charge on any atom is 0.196 e. The molecule has 0 aliphatic carbocycles. The zero-order valence-corrected chi connectivity index (χ0v) is 21.2. The molecule has 35 heavy (non-hydrogen) atoms. The summed E-state index contributed by atoms with van der Waals surface area (Å²) in [5.74, 6) is 0.859. The number of pyridine rings is 1. The highest BCUT2D eigenvalue weighted by molar-refractivity contribution is 7.99. The van der Waals surface area contributed by atoms with E-state index in [4.69, 9.17) is 33.0 Å². The second-order valence-corrected chi connectivity index (χ2v) is 10.8. The summed E-state index contributed by atoms with van der Waals surface area (Å²) in [5.41, 5.74) is 16.2. The average Bonchev–Trinajstić information content (AvgIpc) is 3.57. The molecular formula is C25H29ClN8S. The van der Waals surface area contributed by atoms with E-state index in [2.05, 4.69) is 51.0 Å². The van der Waals surface area contributed by atoms with E-state index in [0.717, 1.165) is 83.8 Å². The molecule has 5 N–H and O–H groups in total. The molecular weight excluding hydrogens is 480 g/mol. The van der Waals surface area contributed by atoms with Crippen LogP contribution in [0.1, 0.15) is 25.5 Å². The van der Waals surface area contributed by atoms with Gasteiger partial charge in [0.1, 0.15) is 11.5 Å². The molecule has 0 amide bonds. The number of nitrogens with one attached hydrogen (secondary N) is 1. The minimum absolute atomic E-state index is 0.144. The smallest absolute Gasteiger partial charge is 0.196 e. The van der Waals surface area contributed by atoms with Gasteiger partial charge in [0.2, 0.25) is 0 Å². The molecule has 2 atom stereocenters. The lowest BCUT2D eigenvalue weighted by atomic mass is 10.2. The summed E-state index contributed by atoms with van der Waals surface area (Å²) in [7, 11) is 0. The van der Waals surface area contributed by atoms with E-state index in [0.29, 0.717) is 10.2 Å². The number of hydrogen-bond acceptors (Lipinski definition) is 8. The van der Waals surface area contributed by atoms with E-state index in [1.807, 2.05) is 6.20 Å². The van der Waals surface area contributed by atoms with Crippen molar-refractivity contribution in [2.45, 2.75) is 48.3 Å². The number of halogens is 1. The van der Waals surface area contributed by atoms with Gasteiger partial charge in [0.25, 0.3) is 0 Å². The number of H-pyrrole nitrogens is 1. The van der Waals surface area contributed by atoms with Crippen molar-refractivity contribution < 1.29 is 0 Å². The predicted octanol–water partition coefficient (Wildman–Crippen LogP) is 3.95. The number of hydrogen-bond donors (Lipinski definition) is 3. The highest BCUT2D eigenvalue weighted by Gasteiger charge is 2.26. The number of aromatic amines is 1. The summed E-state index contributed by atoms with van der Waals surface area (Å²) in [6.45, 7) is 5.57. The van der Waals surface area contributed by atoms with Crippen molar-refractivity contribution in [3.05, 3.63) is 41.2 Å². The van der Waals surface area contributed by atoms with Crippen LogP contribution in [0, 0.1) is 0 Å². The van der Waals surface area contributed by atoms with Crippen LogP contribution in [0.2, 0.25) is 5.02 Å². The fourth-order valence-electron chi connectivity index (χ4n) is 5.13. The van der Waals surface area contributed by atoms with E-state index >= 15 is 0 Å². The molecule has 3 aromatic heterocycles. The fourth-order valence-corrected chi connectivity index (χ4v) is 6.27.